The fourth-order valence-electron chi connectivity index (χ4n) is 1.98. The number of rotatable bonds is 4. The molecular weight excluding hydrogens is 210 g/mol. The molecule has 1 aromatic carbocycles. The van der Waals surface area contributed by atoms with Crippen molar-refractivity contribution in [1.29, 1.82) is 0 Å². The summed E-state index contributed by atoms with van der Waals surface area (Å²) < 4.78 is 5.75. The van der Waals surface area contributed by atoms with Gasteiger partial charge in [-0.2, -0.15) is 0 Å². The molecule has 2 rings (SSSR count). The Hall–Kier alpha value is -1.28. The zero-order valence-corrected chi connectivity index (χ0v) is 11.1. The van der Waals surface area contributed by atoms with Crippen molar-refractivity contribution < 1.29 is 4.42 Å². The Morgan fingerprint density at radius 1 is 1.24 bits per heavy atom. The molecule has 0 saturated carbocycles. The third-order valence-electron chi connectivity index (χ3n) is 3.58. The van der Waals surface area contributed by atoms with Gasteiger partial charge in [0.2, 0.25) is 0 Å². The van der Waals surface area contributed by atoms with Crippen LogP contribution in [0.3, 0.4) is 0 Å². The van der Waals surface area contributed by atoms with Crippen LogP contribution in [-0.4, -0.2) is 7.05 Å². The van der Waals surface area contributed by atoms with Crippen LogP contribution >= 0.6 is 0 Å². The standard InChI is InChI=1S/C15H21NO/c1-5-15(2,3)12-6-7-14-11(8-12)9-13(17-14)10-16-4/h6-9,16H,5,10H2,1-4H3. The van der Waals surface area contributed by atoms with Crippen molar-refractivity contribution in [3.05, 3.63) is 35.6 Å². The van der Waals surface area contributed by atoms with E-state index in [4.69, 9.17) is 4.42 Å². The zero-order chi connectivity index (χ0) is 12.5. The largest absolute Gasteiger partial charge is 0.460 e. The molecule has 0 amide bonds. The molecule has 2 heteroatoms. The number of benzene rings is 1. The molecule has 0 spiro atoms. The van der Waals surface area contributed by atoms with Gasteiger partial charge in [0.25, 0.3) is 0 Å². The summed E-state index contributed by atoms with van der Waals surface area (Å²) in [5.74, 6) is 0.994. The molecule has 0 atom stereocenters. The highest BCUT2D eigenvalue weighted by molar-refractivity contribution is 5.79. The van der Waals surface area contributed by atoms with Gasteiger partial charge in [0.15, 0.2) is 0 Å². The maximum absolute atomic E-state index is 5.75. The van der Waals surface area contributed by atoms with Crippen molar-refractivity contribution in [3.63, 3.8) is 0 Å². The molecule has 0 unspecified atom stereocenters. The van der Waals surface area contributed by atoms with E-state index >= 15 is 0 Å². The van der Waals surface area contributed by atoms with Crippen LogP contribution in [0.1, 0.15) is 38.5 Å². The van der Waals surface area contributed by atoms with E-state index in [-0.39, 0.29) is 5.41 Å². The van der Waals surface area contributed by atoms with Crippen LogP contribution in [0.15, 0.2) is 28.7 Å². The molecule has 2 nitrogen and oxygen atoms in total. The number of fused-ring (bicyclic) bond motifs is 1. The fourth-order valence-corrected chi connectivity index (χ4v) is 1.98. The van der Waals surface area contributed by atoms with Crippen molar-refractivity contribution in [2.75, 3.05) is 7.05 Å². The average Bonchev–Trinajstić information content (AvgIpc) is 2.70. The lowest BCUT2D eigenvalue weighted by Gasteiger charge is -2.23. The molecule has 0 saturated heterocycles. The lowest BCUT2D eigenvalue weighted by atomic mass is 9.82. The Morgan fingerprint density at radius 3 is 2.65 bits per heavy atom. The minimum Gasteiger partial charge on any atom is -0.460 e. The Labute approximate surface area is 103 Å². The molecular formula is C15H21NO. The van der Waals surface area contributed by atoms with Gasteiger partial charge in [0, 0.05) is 5.39 Å². The second-order valence-corrected chi connectivity index (χ2v) is 5.23. The second-order valence-electron chi connectivity index (χ2n) is 5.23. The Kier molecular flexibility index (Phi) is 3.25. The van der Waals surface area contributed by atoms with Crippen LogP contribution in [-0.2, 0) is 12.0 Å². The SMILES string of the molecule is CCC(C)(C)c1ccc2oc(CNC)cc2c1. The molecule has 2 aromatic rings. The molecule has 0 aliphatic rings. The Morgan fingerprint density at radius 2 is 2.00 bits per heavy atom. The van der Waals surface area contributed by atoms with Gasteiger partial charge in [-0.15, -0.1) is 0 Å². The normalized spacial score (nSPS) is 12.2. The van der Waals surface area contributed by atoms with E-state index < -0.39 is 0 Å². The van der Waals surface area contributed by atoms with Crippen LogP contribution in [0, 0.1) is 0 Å². The topological polar surface area (TPSA) is 25.2 Å². The molecule has 0 radical (unpaired) electrons. The molecule has 0 aliphatic heterocycles. The van der Waals surface area contributed by atoms with E-state index in [9.17, 15) is 0 Å². The van der Waals surface area contributed by atoms with E-state index in [1.807, 2.05) is 7.05 Å². The molecule has 1 aromatic heterocycles. The van der Waals surface area contributed by atoms with Crippen LogP contribution in [0.2, 0.25) is 0 Å². The van der Waals surface area contributed by atoms with Gasteiger partial charge in [0.1, 0.15) is 11.3 Å². The summed E-state index contributed by atoms with van der Waals surface area (Å²) in [6.07, 6.45) is 1.14. The summed E-state index contributed by atoms with van der Waals surface area (Å²) >= 11 is 0. The van der Waals surface area contributed by atoms with Crippen LogP contribution in [0.4, 0.5) is 0 Å². The summed E-state index contributed by atoms with van der Waals surface area (Å²) in [5, 5.41) is 4.31. The molecule has 1 N–H and O–H groups in total. The lowest BCUT2D eigenvalue weighted by molar-refractivity contribution is 0.506. The monoisotopic (exact) mass is 231 g/mol. The average molecular weight is 231 g/mol. The summed E-state index contributed by atoms with van der Waals surface area (Å²) in [4.78, 5) is 0. The van der Waals surface area contributed by atoms with Gasteiger partial charge in [-0.1, -0.05) is 26.8 Å². The first-order valence-electron chi connectivity index (χ1n) is 6.24. The summed E-state index contributed by atoms with van der Waals surface area (Å²) in [7, 11) is 1.93. The first kappa shape index (κ1) is 12.2. The van der Waals surface area contributed by atoms with Crippen molar-refractivity contribution in [2.45, 2.75) is 39.2 Å². The Balaban J connectivity index is 2.43. The minimum absolute atomic E-state index is 0.231. The number of hydrogen-bond donors (Lipinski definition) is 1. The predicted molar refractivity (Wildman–Crippen MR) is 72.3 cm³/mol. The molecule has 0 aliphatic carbocycles. The molecule has 0 bridgehead atoms. The quantitative estimate of drug-likeness (QED) is 0.864. The summed E-state index contributed by atoms with van der Waals surface area (Å²) in [6, 6.07) is 8.64. The highest BCUT2D eigenvalue weighted by Gasteiger charge is 2.18. The number of hydrogen-bond acceptors (Lipinski definition) is 2. The molecule has 1 heterocycles. The smallest absolute Gasteiger partial charge is 0.134 e. The third-order valence-corrected chi connectivity index (χ3v) is 3.58. The summed E-state index contributed by atoms with van der Waals surface area (Å²) in [5.41, 5.74) is 2.59. The number of furan rings is 1. The van der Waals surface area contributed by atoms with Gasteiger partial charge in [0.05, 0.1) is 6.54 Å². The van der Waals surface area contributed by atoms with E-state index in [1.165, 1.54) is 10.9 Å². The van der Waals surface area contributed by atoms with Gasteiger partial charge in [-0.05, 0) is 42.6 Å². The van der Waals surface area contributed by atoms with E-state index in [2.05, 4.69) is 50.4 Å². The van der Waals surface area contributed by atoms with Crippen LogP contribution in [0.5, 0.6) is 0 Å². The number of nitrogens with one attached hydrogen (secondary N) is 1. The van der Waals surface area contributed by atoms with Gasteiger partial charge < -0.3 is 9.73 Å². The Bertz CT molecular complexity index is 511. The minimum atomic E-state index is 0.231. The molecule has 92 valence electrons. The summed E-state index contributed by atoms with van der Waals surface area (Å²) in [6.45, 7) is 7.57. The van der Waals surface area contributed by atoms with Crippen molar-refractivity contribution in [3.8, 4) is 0 Å². The second kappa shape index (κ2) is 4.53. The molecule has 0 fully saturated rings. The van der Waals surface area contributed by atoms with Crippen molar-refractivity contribution in [2.24, 2.45) is 0 Å². The maximum Gasteiger partial charge on any atom is 0.134 e. The predicted octanol–water partition coefficient (Wildman–Crippen LogP) is 3.84. The van der Waals surface area contributed by atoms with Gasteiger partial charge >= 0.3 is 0 Å². The zero-order valence-electron chi connectivity index (χ0n) is 11.1. The van der Waals surface area contributed by atoms with E-state index in [1.54, 1.807) is 0 Å². The van der Waals surface area contributed by atoms with Crippen molar-refractivity contribution in [1.82, 2.24) is 5.32 Å². The van der Waals surface area contributed by atoms with E-state index in [0.29, 0.717) is 0 Å². The van der Waals surface area contributed by atoms with E-state index in [0.717, 1.165) is 24.3 Å². The van der Waals surface area contributed by atoms with Crippen LogP contribution in [0.25, 0.3) is 11.0 Å². The van der Waals surface area contributed by atoms with Gasteiger partial charge in [-0.3, -0.25) is 0 Å². The van der Waals surface area contributed by atoms with Crippen molar-refractivity contribution >= 4 is 11.0 Å². The first-order chi connectivity index (χ1) is 8.06. The highest BCUT2D eigenvalue weighted by Crippen LogP contribution is 2.30. The first-order valence-corrected chi connectivity index (χ1v) is 6.24. The van der Waals surface area contributed by atoms with Gasteiger partial charge in [-0.25, -0.2) is 0 Å². The maximum atomic E-state index is 5.75. The lowest BCUT2D eigenvalue weighted by Crippen LogP contribution is -2.14. The van der Waals surface area contributed by atoms with Crippen LogP contribution < -0.4 is 5.32 Å². The fraction of sp³-hybridized carbons (Fsp3) is 0.467. The molecule has 17 heavy (non-hydrogen) atoms. The highest BCUT2D eigenvalue weighted by atomic mass is 16.3. The third kappa shape index (κ3) is 2.37.